The Morgan fingerprint density at radius 2 is 1.93 bits per heavy atom. The summed E-state index contributed by atoms with van der Waals surface area (Å²) in [6.45, 7) is 8.67. The molecule has 7 heteroatoms. The van der Waals surface area contributed by atoms with E-state index in [0.717, 1.165) is 10.9 Å². The highest BCUT2D eigenvalue weighted by Crippen LogP contribution is 2.29. The van der Waals surface area contributed by atoms with Gasteiger partial charge in [-0.15, -0.1) is 0 Å². The summed E-state index contributed by atoms with van der Waals surface area (Å²) in [7, 11) is 0. The van der Waals surface area contributed by atoms with E-state index in [1.807, 2.05) is 6.92 Å². The van der Waals surface area contributed by atoms with Crippen molar-refractivity contribution in [3.63, 3.8) is 0 Å². The molecule has 0 aliphatic heterocycles. The molecule has 1 aromatic heterocycles. The van der Waals surface area contributed by atoms with Crippen LogP contribution in [0.2, 0.25) is 0 Å². The molecular formula is C20H25NO6. The Morgan fingerprint density at radius 3 is 2.48 bits per heavy atom. The van der Waals surface area contributed by atoms with Gasteiger partial charge < -0.3 is 19.6 Å². The van der Waals surface area contributed by atoms with E-state index in [0.29, 0.717) is 23.3 Å². The maximum Gasteiger partial charge on any atom is 0.336 e. The summed E-state index contributed by atoms with van der Waals surface area (Å²) < 4.78 is 11.1. The topological polar surface area (TPSA) is 106 Å². The molecular weight excluding hydrogens is 350 g/mol. The normalized spacial score (nSPS) is 13.4. The fraction of sp³-hybridized carbons (Fsp3) is 0.450. The Morgan fingerprint density at radius 1 is 1.26 bits per heavy atom. The third-order valence-electron chi connectivity index (χ3n) is 4.48. The van der Waals surface area contributed by atoms with E-state index in [-0.39, 0.29) is 5.92 Å². The lowest BCUT2D eigenvalue weighted by Crippen LogP contribution is -2.48. The minimum Gasteiger partial charge on any atom is -0.480 e. The maximum atomic E-state index is 12.3. The highest BCUT2D eigenvalue weighted by atomic mass is 16.5. The van der Waals surface area contributed by atoms with Crippen molar-refractivity contribution in [2.24, 2.45) is 5.92 Å². The minimum absolute atomic E-state index is 0.261. The molecule has 0 spiro atoms. The molecule has 27 heavy (non-hydrogen) atoms. The zero-order valence-electron chi connectivity index (χ0n) is 16.2. The Bertz CT molecular complexity index is 915. The monoisotopic (exact) mass is 375 g/mol. The number of carboxylic acid groups (broad SMARTS) is 1. The fourth-order valence-corrected chi connectivity index (χ4v) is 2.86. The van der Waals surface area contributed by atoms with Gasteiger partial charge in [-0.05, 0) is 43.9 Å². The summed E-state index contributed by atoms with van der Waals surface area (Å²) in [6, 6.07) is 3.98. The van der Waals surface area contributed by atoms with Gasteiger partial charge in [0.25, 0.3) is 5.91 Å². The molecule has 2 atom stereocenters. The molecule has 1 heterocycles. The number of carboxylic acids is 1. The van der Waals surface area contributed by atoms with Crippen molar-refractivity contribution in [2.75, 3.05) is 0 Å². The highest BCUT2D eigenvalue weighted by Gasteiger charge is 2.27. The molecule has 146 valence electrons. The van der Waals surface area contributed by atoms with Crippen molar-refractivity contribution in [3.05, 3.63) is 39.7 Å². The van der Waals surface area contributed by atoms with Crippen LogP contribution in [0.25, 0.3) is 11.0 Å². The zero-order valence-corrected chi connectivity index (χ0v) is 16.2. The fourth-order valence-electron chi connectivity index (χ4n) is 2.86. The Balaban J connectivity index is 2.27. The predicted octanol–water partition coefficient (Wildman–Crippen LogP) is 2.66. The van der Waals surface area contributed by atoms with Gasteiger partial charge >= 0.3 is 11.6 Å². The molecule has 0 aliphatic carbocycles. The Kier molecular flexibility index (Phi) is 6.25. The van der Waals surface area contributed by atoms with Crippen LogP contribution >= 0.6 is 0 Å². The standard InChI is InChI=1S/C20H25NO6/c1-6-13-9-16(22)27-18-11(4)15(8-7-14(13)18)26-12(5)19(23)21-17(10(2)3)20(24)25/h7-10,12,17H,6H2,1-5H3,(H,21,23)(H,24,25)/t12-,17+/m0/s1. The number of fused-ring (bicyclic) bond motifs is 1. The molecule has 1 aromatic carbocycles. The van der Waals surface area contributed by atoms with Gasteiger partial charge in [-0.1, -0.05) is 20.8 Å². The number of carbonyl (C=O) groups excluding carboxylic acids is 1. The minimum atomic E-state index is -1.10. The average molecular weight is 375 g/mol. The molecule has 0 fully saturated rings. The molecule has 0 unspecified atom stereocenters. The third-order valence-corrected chi connectivity index (χ3v) is 4.48. The van der Waals surface area contributed by atoms with Gasteiger partial charge in [0.2, 0.25) is 0 Å². The Labute approximate surface area is 157 Å². The van der Waals surface area contributed by atoms with Crippen molar-refractivity contribution in [1.82, 2.24) is 5.32 Å². The van der Waals surface area contributed by atoms with Crippen LogP contribution in [0.1, 0.15) is 38.8 Å². The van der Waals surface area contributed by atoms with Crippen molar-refractivity contribution in [3.8, 4) is 5.75 Å². The van der Waals surface area contributed by atoms with E-state index in [4.69, 9.17) is 9.15 Å². The van der Waals surface area contributed by atoms with Gasteiger partial charge in [-0.3, -0.25) is 4.79 Å². The van der Waals surface area contributed by atoms with Crippen molar-refractivity contribution >= 4 is 22.8 Å². The van der Waals surface area contributed by atoms with Crippen LogP contribution in [-0.2, 0) is 16.0 Å². The number of carbonyl (C=O) groups is 2. The number of hydrogen-bond donors (Lipinski definition) is 2. The molecule has 0 saturated heterocycles. The van der Waals surface area contributed by atoms with Gasteiger partial charge in [0, 0.05) is 17.0 Å². The molecule has 0 bridgehead atoms. The molecule has 0 aliphatic rings. The summed E-state index contributed by atoms with van der Waals surface area (Å²) in [4.78, 5) is 35.4. The molecule has 2 N–H and O–H groups in total. The SMILES string of the molecule is CCc1cc(=O)oc2c(C)c(O[C@@H](C)C(=O)N[C@@H](C(=O)O)C(C)C)ccc12. The summed E-state index contributed by atoms with van der Waals surface area (Å²) in [5, 5.41) is 12.5. The van der Waals surface area contributed by atoms with Crippen LogP contribution in [0.3, 0.4) is 0 Å². The van der Waals surface area contributed by atoms with Crippen LogP contribution in [0, 0.1) is 12.8 Å². The van der Waals surface area contributed by atoms with Crippen LogP contribution in [-0.4, -0.2) is 29.1 Å². The molecule has 7 nitrogen and oxygen atoms in total. The number of nitrogens with one attached hydrogen (secondary N) is 1. The number of hydrogen-bond acceptors (Lipinski definition) is 5. The van der Waals surface area contributed by atoms with Crippen molar-refractivity contribution in [2.45, 2.75) is 53.2 Å². The number of ether oxygens (including phenoxy) is 1. The second kappa shape index (κ2) is 8.24. The molecule has 0 radical (unpaired) electrons. The highest BCUT2D eigenvalue weighted by molar-refractivity contribution is 5.87. The van der Waals surface area contributed by atoms with E-state index in [2.05, 4.69) is 5.32 Å². The first-order valence-electron chi connectivity index (χ1n) is 8.91. The van der Waals surface area contributed by atoms with Gasteiger partial charge in [-0.25, -0.2) is 9.59 Å². The number of amides is 1. The quantitative estimate of drug-likeness (QED) is 0.721. The Hall–Kier alpha value is -2.83. The van der Waals surface area contributed by atoms with E-state index in [1.54, 1.807) is 32.9 Å². The lowest BCUT2D eigenvalue weighted by Gasteiger charge is -2.22. The second-order valence-corrected chi connectivity index (χ2v) is 6.84. The van der Waals surface area contributed by atoms with Gasteiger partial charge in [0.1, 0.15) is 17.4 Å². The molecule has 1 amide bonds. The van der Waals surface area contributed by atoms with Gasteiger partial charge in [-0.2, -0.15) is 0 Å². The van der Waals surface area contributed by atoms with Gasteiger partial charge in [0.05, 0.1) is 0 Å². The lowest BCUT2D eigenvalue weighted by atomic mass is 10.0. The lowest BCUT2D eigenvalue weighted by molar-refractivity contribution is -0.144. The molecule has 2 aromatic rings. The van der Waals surface area contributed by atoms with E-state index in [1.165, 1.54) is 13.0 Å². The summed E-state index contributed by atoms with van der Waals surface area (Å²) >= 11 is 0. The predicted molar refractivity (Wildman–Crippen MR) is 101 cm³/mol. The average Bonchev–Trinajstić information content (AvgIpc) is 2.60. The summed E-state index contributed by atoms with van der Waals surface area (Å²) in [6.07, 6.45) is -0.227. The van der Waals surface area contributed by atoms with Crippen LogP contribution in [0.5, 0.6) is 5.75 Å². The van der Waals surface area contributed by atoms with Crippen LogP contribution in [0.15, 0.2) is 27.4 Å². The molecule has 2 rings (SSSR count). The largest absolute Gasteiger partial charge is 0.480 e. The van der Waals surface area contributed by atoms with E-state index < -0.39 is 29.6 Å². The van der Waals surface area contributed by atoms with E-state index in [9.17, 15) is 19.5 Å². The first kappa shape index (κ1) is 20.5. The number of aryl methyl sites for hydroxylation is 2. The maximum absolute atomic E-state index is 12.3. The van der Waals surface area contributed by atoms with Crippen molar-refractivity contribution < 1.29 is 23.8 Å². The zero-order chi connectivity index (χ0) is 20.3. The first-order valence-corrected chi connectivity index (χ1v) is 8.91. The molecule has 0 saturated carbocycles. The van der Waals surface area contributed by atoms with Gasteiger partial charge in [0.15, 0.2) is 6.10 Å². The summed E-state index contributed by atoms with van der Waals surface area (Å²) in [5.74, 6) is -1.48. The second-order valence-electron chi connectivity index (χ2n) is 6.84. The smallest absolute Gasteiger partial charge is 0.336 e. The summed E-state index contributed by atoms with van der Waals surface area (Å²) in [5.41, 5.74) is 1.47. The number of aliphatic carboxylic acids is 1. The number of benzene rings is 1. The van der Waals surface area contributed by atoms with Crippen molar-refractivity contribution in [1.29, 1.82) is 0 Å². The van der Waals surface area contributed by atoms with Crippen LogP contribution < -0.4 is 15.7 Å². The third kappa shape index (κ3) is 4.48. The van der Waals surface area contributed by atoms with Crippen LogP contribution in [0.4, 0.5) is 0 Å². The van der Waals surface area contributed by atoms with E-state index >= 15 is 0 Å². The number of rotatable bonds is 7. The first-order chi connectivity index (χ1) is 12.6.